The lowest BCUT2D eigenvalue weighted by Gasteiger charge is -2.27. The number of thioether (sulfide) groups is 1. The molecule has 0 bridgehead atoms. The van der Waals surface area contributed by atoms with E-state index in [1.807, 2.05) is 30.9 Å². The average Bonchev–Trinajstić information content (AvgIpc) is 3.09. The molecule has 1 aliphatic heterocycles. The lowest BCUT2D eigenvalue weighted by Crippen LogP contribution is -2.34. The molecule has 1 aliphatic rings. The van der Waals surface area contributed by atoms with Gasteiger partial charge in [-0.1, -0.05) is 6.07 Å². The third-order valence-electron chi connectivity index (χ3n) is 4.51. The van der Waals surface area contributed by atoms with Crippen LogP contribution in [-0.4, -0.2) is 61.8 Å². The first-order valence-electron chi connectivity index (χ1n) is 8.92. The SMILES string of the molecule is Cn1ncc2c(N3CCSCC3)nc(C(=O)NCCc3cccnc3)nc21. The number of nitrogens with zero attached hydrogens (tertiary/aromatic N) is 6. The van der Waals surface area contributed by atoms with Crippen LogP contribution >= 0.6 is 11.8 Å². The van der Waals surface area contributed by atoms with Crippen LogP contribution in [0.3, 0.4) is 0 Å². The summed E-state index contributed by atoms with van der Waals surface area (Å²) in [6.07, 6.45) is 6.02. The van der Waals surface area contributed by atoms with Crippen molar-refractivity contribution >= 4 is 34.5 Å². The van der Waals surface area contributed by atoms with Gasteiger partial charge in [-0.3, -0.25) is 14.5 Å². The number of aromatic nitrogens is 5. The third kappa shape index (κ3) is 3.87. The lowest BCUT2D eigenvalue weighted by atomic mass is 10.2. The molecule has 0 atom stereocenters. The molecule has 27 heavy (non-hydrogen) atoms. The van der Waals surface area contributed by atoms with Crippen LogP contribution in [0.1, 0.15) is 16.2 Å². The summed E-state index contributed by atoms with van der Waals surface area (Å²) in [6, 6.07) is 3.88. The van der Waals surface area contributed by atoms with Crippen LogP contribution in [0.15, 0.2) is 30.7 Å². The number of rotatable bonds is 5. The minimum atomic E-state index is -0.269. The molecular formula is C18H21N7OS. The molecule has 0 spiro atoms. The van der Waals surface area contributed by atoms with Crippen molar-refractivity contribution in [3.8, 4) is 0 Å². The largest absolute Gasteiger partial charge is 0.354 e. The fourth-order valence-electron chi connectivity index (χ4n) is 3.07. The standard InChI is InChI=1S/C18H21N7OS/c1-24-16-14(12-21-24)17(25-7-9-27-10-8-25)23-15(22-16)18(26)20-6-4-13-3-2-5-19-11-13/h2-3,5,11-12H,4,6-10H2,1H3,(H,20,26). The molecule has 4 rings (SSSR count). The van der Waals surface area contributed by atoms with E-state index in [9.17, 15) is 4.79 Å². The molecule has 0 unspecified atom stereocenters. The fourth-order valence-corrected chi connectivity index (χ4v) is 3.97. The Morgan fingerprint density at radius 3 is 2.89 bits per heavy atom. The Balaban J connectivity index is 1.55. The van der Waals surface area contributed by atoms with Crippen molar-refractivity contribution in [1.29, 1.82) is 0 Å². The van der Waals surface area contributed by atoms with Crippen LogP contribution in [0.5, 0.6) is 0 Å². The molecule has 1 saturated heterocycles. The van der Waals surface area contributed by atoms with Gasteiger partial charge >= 0.3 is 0 Å². The lowest BCUT2D eigenvalue weighted by molar-refractivity contribution is 0.0944. The van der Waals surface area contributed by atoms with E-state index in [1.54, 1.807) is 23.3 Å². The number of aryl methyl sites for hydroxylation is 1. The number of hydrogen-bond donors (Lipinski definition) is 1. The van der Waals surface area contributed by atoms with Crippen molar-refractivity contribution in [1.82, 2.24) is 30.0 Å². The van der Waals surface area contributed by atoms with E-state index in [2.05, 4.69) is 30.3 Å². The Morgan fingerprint density at radius 1 is 1.26 bits per heavy atom. The summed E-state index contributed by atoms with van der Waals surface area (Å²) in [5, 5.41) is 8.09. The van der Waals surface area contributed by atoms with Crippen molar-refractivity contribution in [3.05, 3.63) is 42.1 Å². The maximum absolute atomic E-state index is 12.6. The Hall–Kier alpha value is -2.68. The molecule has 1 fully saturated rings. The first-order chi connectivity index (χ1) is 13.2. The number of pyridine rings is 1. The molecule has 0 aromatic carbocycles. The van der Waals surface area contributed by atoms with Crippen molar-refractivity contribution in [2.24, 2.45) is 7.05 Å². The maximum atomic E-state index is 12.6. The highest BCUT2D eigenvalue weighted by Crippen LogP contribution is 2.25. The van der Waals surface area contributed by atoms with Crippen LogP contribution in [0.4, 0.5) is 5.82 Å². The van der Waals surface area contributed by atoms with Crippen LogP contribution in [0.25, 0.3) is 11.0 Å². The van der Waals surface area contributed by atoms with E-state index in [-0.39, 0.29) is 11.7 Å². The van der Waals surface area contributed by atoms with E-state index in [0.717, 1.165) is 41.4 Å². The van der Waals surface area contributed by atoms with Gasteiger partial charge in [0.15, 0.2) is 5.65 Å². The smallest absolute Gasteiger partial charge is 0.289 e. The highest BCUT2D eigenvalue weighted by Gasteiger charge is 2.21. The van der Waals surface area contributed by atoms with Crippen LogP contribution in [0, 0.1) is 0 Å². The Bertz CT molecular complexity index is 938. The quantitative estimate of drug-likeness (QED) is 0.710. The molecule has 8 nitrogen and oxygen atoms in total. The van der Waals surface area contributed by atoms with E-state index < -0.39 is 0 Å². The van der Waals surface area contributed by atoms with Gasteiger partial charge in [0.05, 0.1) is 11.6 Å². The highest BCUT2D eigenvalue weighted by molar-refractivity contribution is 7.99. The van der Waals surface area contributed by atoms with Gasteiger partial charge in [0.2, 0.25) is 5.82 Å². The molecule has 140 valence electrons. The molecule has 0 radical (unpaired) electrons. The summed E-state index contributed by atoms with van der Waals surface area (Å²) in [5.41, 5.74) is 1.75. The first-order valence-corrected chi connectivity index (χ1v) is 10.1. The average molecular weight is 383 g/mol. The number of anilines is 1. The van der Waals surface area contributed by atoms with Crippen molar-refractivity contribution in [3.63, 3.8) is 0 Å². The molecule has 0 saturated carbocycles. The minimum absolute atomic E-state index is 0.186. The second-order valence-corrected chi connectivity index (χ2v) is 7.57. The molecule has 1 N–H and O–H groups in total. The van der Waals surface area contributed by atoms with E-state index in [4.69, 9.17) is 0 Å². The number of nitrogens with one attached hydrogen (secondary N) is 1. The summed E-state index contributed by atoms with van der Waals surface area (Å²) < 4.78 is 1.69. The minimum Gasteiger partial charge on any atom is -0.354 e. The molecule has 3 aromatic heterocycles. The molecule has 9 heteroatoms. The van der Waals surface area contributed by atoms with E-state index in [0.29, 0.717) is 18.6 Å². The van der Waals surface area contributed by atoms with Gasteiger partial charge in [-0.2, -0.15) is 16.9 Å². The van der Waals surface area contributed by atoms with Gasteiger partial charge in [0.25, 0.3) is 5.91 Å². The second-order valence-electron chi connectivity index (χ2n) is 6.34. The monoisotopic (exact) mass is 383 g/mol. The summed E-state index contributed by atoms with van der Waals surface area (Å²) in [4.78, 5) is 28.0. The van der Waals surface area contributed by atoms with Gasteiger partial charge in [-0.15, -0.1) is 0 Å². The molecular weight excluding hydrogens is 362 g/mol. The van der Waals surface area contributed by atoms with Crippen LogP contribution in [-0.2, 0) is 13.5 Å². The second kappa shape index (κ2) is 7.91. The molecule has 4 heterocycles. The summed E-state index contributed by atoms with van der Waals surface area (Å²) in [6.45, 7) is 2.33. The van der Waals surface area contributed by atoms with E-state index in [1.165, 1.54) is 0 Å². The van der Waals surface area contributed by atoms with Crippen molar-refractivity contribution in [2.45, 2.75) is 6.42 Å². The normalized spacial score (nSPS) is 14.5. The maximum Gasteiger partial charge on any atom is 0.289 e. The fraction of sp³-hybridized carbons (Fsp3) is 0.389. The molecule has 0 aliphatic carbocycles. The predicted octanol–water partition coefficient (Wildman–Crippen LogP) is 1.28. The Morgan fingerprint density at radius 2 is 2.11 bits per heavy atom. The zero-order valence-electron chi connectivity index (χ0n) is 15.1. The van der Waals surface area contributed by atoms with Crippen molar-refractivity contribution < 1.29 is 4.79 Å². The number of amides is 1. The summed E-state index contributed by atoms with van der Waals surface area (Å²) >= 11 is 1.93. The molecule has 1 amide bonds. The number of hydrogen-bond acceptors (Lipinski definition) is 7. The first kappa shape index (κ1) is 17.7. The van der Waals surface area contributed by atoms with Crippen LogP contribution in [0.2, 0.25) is 0 Å². The van der Waals surface area contributed by atoms with Crippen molar-refractivity contribution in [2.75, 3.05) is 36.0 Å². The van der Waals surface area contributed by atoms with Gasteiger partial charge in [0.1, 0.15) is 5.82 Å². The Kier molecular flexibility index (Phi) is 5.19. The van der Waals surface area contributed by atoms with E-state index >= 15 is 0 Å². The van der Waals surface area contributed by atoms with Crippen LogP contribution < -0.4 is 10.2 Å². The topological polar surface area (TPSA) is 88.8 Å². The predicted molar refractivity (Wildman–Crippen MR) is 106 cm³/mol. The number of carbonyl (C=O) groups excluding carboxylic acids is 1. The third-order valence-corrected chi connectivity index (χ3v) is 5.45. The van der Waals surface area contributed by atoms with Gasteiger partial charge in [-0.05, 0) is 18.1 Å². The van der Waals surface area contributed by atoms with Gasteiger partial charge < -0.3 is 10.2 Å². The molecule has 3 aromatic rings. The number of carbonyl (C=O) groups is 1. The summed E-state index contributed by atoms with van der Waals surface area (Å²) in [7, 11) is 1.83. The highest BCUT2D eigenvalue weighted by atomic mass is 32.2. The zero-order chi connectivity index (χ0) is 18.6. The zero-order valence-corrected chi connectivity index (χ0v) is 15.9. The number of fused-ring (bicyclic) bond motifs is 1. The van der Waals surface area contributed by atoms with Gasteiger partial charge in [-0.25, -0.2) is 9.97 Å². The Labute approximate surface area is 161 Å². The summed E-state index contributed by atoms with van der Waals surface area (Å²) in [5.74, 6) is 2.82. The van der Waals surface area contributed by atoms with Gasteiger partial charge in [0, 0.05) is 50.6 Å².